The molecule has 0 N–H and O–H groups in total. The summed E-state index contributed by atoms with van der Waals surface area (Å²) in [6.07, 6.45) is 2.00. The van der Waals surface area contributed by atoms with Gasteiger partial charge in [-0.25, -0.2) is 8.42 Å². The highest BCUT2D eigenvalue weighted by molar-refractivity contribution is 7.89. The molecule has 3 unspecified atom stereocenters. The first-order chi connectivity index (χ1) is 15.3. The highest BCUT2D eigenvalue weighted by atomic mass is 32.2. The Hall–Kier alpha value is -2.22. The zero-order chi connectivity index (χ0) is 22.9. The summed E-state index contributed by atoms with van der Waals surface area (Å²) in [7, 11) is -3.63. The molecule has 2 aromatic carbocycles. The average molecular weight is 457 g/mol. The van der Waals surface area contributed by atoms with Crippen LogP contribution in [0.1, 0.15) is 49.5 Å². The van der Waals surface area contributed by atoms with E-state index < -0.39 is 10.0 Å². The molecule has 2 aromatic rings. The summed E-state index contributed by atoms with van der Waals surface area (Å²) in [5.74, 6) is 0.471. The quantitative estimate of drug-likeness (QED) is 0.633. The molecule has 1 saturated carbocycles. The Morgan fingerprint density at radius 1 is 1.03 bits per heavy atom. The van der Waals surface area contributed by atoms with Crippen LogP contribution in [0.2, 0.25) is 0 Å². The van der Waals surface area contributed by atoms with E-state index in [-0.39, 0.29) is 29.1 Å². The summed E-state index contributed by atoms with van der Waals surface area (Å²) in [6, 6.07) is 16.5. The molecule has 1 aliphatic heterocycles. The highest BCUT2D eigenvalue weighted by Crippen LogP contribution is 2.36. The number of sulfonamides is 1. The molecule has 2 aliphatic rings. The van der Waals surface area contributed by atoms with Crippen LogP contribution >= 0.6 is 0 Å². The molecule has 1 aliphatic carbocycles. The van der Waals surface area contributed by atoms with Crippen molar-refractivity contribution in [3.63, 3.8) is 0 Å². The molecule has 0 bridgehead atoms. The maximum Gasteiger partial charge on any atom is 0.254 e. The standard InChI is InChI=1S/C25H32N2O4S/c1-18-15-26(16-19(2)31-18)32(29,30)24-13-11-23(12-14-24)25(28)27(20(3)22-9-10-22)17-21-7-5-4-6-8-21/h4-8,11-14,18-20,22H,9-10,15-17H2,1-3H3. The number of hydrogen-bond donors (Lipinski definition) is 0. The maximum atomic E-state index is 13.4. The van der Waals surface area contributed by atoms with Crippen molar-refractivity contribution < 1.29 is 17.9 Å². The molecule has 172 valence electrons. The first-order valence-corrected chi connectivity index (χ1v) is 12.8. The van der Waals surface area contributed by atoms with E-state index in [4.69, 9.17) is 4.74 Å². The van der Waals surface area contributed by atoms with Gasteiger partial charge >= 0.3 is 0 Å². The number of amides is 1. The predicted octanol–water partition coefficient (Wildman–Crippen LogP) is 3.93. The van der Waals surface area contributed by atoms with Gasteiger partial charge in [-0.1, -0.05) is 30.3 Å². The first-order valence-electron chi connectivity index (χ1n) is 11.4. The van der Waals surface area contributed by atoms with Gasteiger partial charge in [0.25, 0.3) is 5.91 Å². The highest BCUT2D eigenvalue weighted by Gasteiger charge is 2.35. The third-order valence-electron chi connectivity index (χ3n) is 6.38. The summed E-state index contributed by atoms with van der Waals surface area (Å²) in [5.41, 5.74) is 1.60. The number of ether oxygens (including phenoxy) is 1. The number of carbonyl (C=O) groups is 1. The SMILES string of the molecule is CC1CN(S(=O)(=O)c2ccc(C(=O)N(Cc3ccccc3)C(C)C3CC3)cc2)CC(C)O1. The lowest BCUT2D eigenvalue weighted by Gasteiger charge is -2.34. The van der Waals surface area contributed by atoms with Gasteiger partial charge in [0.05, 0.1) is 17.1 Å². The number of benzene rings is 2. The molecule has 1 amide bonds. The van der Waals surface area contributed by atoms with Crippen LogP contribution in [0.4, 0.5) is 0 Å². The molecule has 6 nitrogen and oxygen atoms in total. The van der Waals surface area contributed by atoms with Crippen LogP contribution in [-0.4, -0.2) is 54.9 Å². The molecule has 4 rings (SSSR count). The Labute approximate surface area is 191 Å². The lowest BCUT2D eigenvalue weighted by Crippen LogP contribution is -2.48. The van der Waals surface area contributed by atoms with Crippen molar-refractivity contribution in [1.29, 1.82) is 0 Å². The first kappa shape index (κ1) is 23.0. The molecule has 0 aromatic heterocycles. The molecule has 1 heterocycles. The minimum atomic E-state index is -3.63. The van der Waals surface area contributed by atoms with Crippen LogP contribution in [0, 0.1) is 5.92 Å². The number of morpholine rings is 1. The van der Waals surface area contributed by atoms with Gasteiger partial charge < -0.3 is 9.64 Å². The second kappa shape index (κ2) is 9.33. The van der Waals surface area contributed by atoms with Gasteiger partial charge in [0.1, 0.15) is 0 Å². The van der Waals surface area contributed by atoms with E-state index in [1.165, 1.54) is 4.31 Å². The fourth-order valence-corrected chi connectivity index (χ4v) is 6.02. The van der Waals surface area contributed by atoms with Gasteiger partial charge in [-0.3, -0.25) is 4.79 Å². The second-order valence-corrected chi connectivity index (χ2v) is 11.0. The third kappa shape index (κ3) is 5.05. The van der Waals surface area contributed by atoms with E-state index in [2.05, 4.69) is 6.92 Å². The molecule has 0 radical (unpaired) electrons. The minimum absolute atomic E-state index is 0.0641. The van der Waals surface area contributed by atoms with Crippen molar-refractivity contribution in [2.45, 2.75) is 63.3 Å². The van der Waals surface area contributed by atoms with E-state index in [9.17, 15) is 13.2 Å². The van der Waals surface area contributed by atoms with Gasteiger partial charge in [-0.2, -0.15) is 4.31 Å². The number of nitrogens with zero attached hydrogens (tertiary/aromatic N) is 2. The molecule has 32 heavy (non-hydrogen) atoms. The third-order valence-corrected chi connectivity index (χ3v) is 8.22. The van der Waals surface area contributed by atoms with Crippen molar-refractivity contribution in [3.05, 3.63) is 65.7 Å². The number of carbonyl (C=O) groups excluding carboxylic acids is 1. The van der Waals surface area contributed by atoms with Crippen LogP contribution in [0.15, 0.2) is 59.5 Å². The van der Waals surface area contributed by atoms with E-state index in [0.29, 0.717) is 31.1 Å². The summed E-state index contributed by atoms with van der Waals surface area (Å²) >= 11 is 0. The van der Waals surface area contributed by atoms with Crippen LogP contribution in [0.5, 0.6) is 0 Å². The van der Waals surface area contributed by atoms with E-state index in [1.807, 2.05) is 49.1 Å². The smallest absolute Gasteiger partial charge is 0.254 e. The monoisotopic (exact) mass is 456 g/mol. The van der Waals surface area contributed by atoms with Crippen molar-refractivity contribution in [2.75, 3.05) is 13.1 Å². The van der Waals surface area contributed by atoms with E-state index in [1.54, 1.807) is 24.3 Å². The molecule has 3 atom stereocenters. The van der Waals surface area contributed by atoms with Crippen LogP contribution in [0.25, 0.3) is 0 Å². The Bertz CT molecular complexity index is 1030. The fraction of sp³-hybridized carbons (Fsp3) is 0.480. The van der Waals surface area contributed by atoms with Gasteiger partial charge in [-0.05, 0) is 69.4 Å². The summed E-state index contributed by atoms with van der Waals surface area (Å²) in [5, 5.41) is 0. The van der Waals surface area contributed by atoms with Crippen molar-refractivity contribution in [1.82, 2.24) is 9.21 Å². The summed E-state index contributed by atoms with van der Waals surface area (Å²) in [4.78, 5) is 15.5. The topological polar surface area (TPSA) is 66.9 Å². The normalized spacial score (nSPS) is 23.0. The largest absolute Gasteiger partial charge is 0.373 e. The van der Waals surface area contributed by atoms with Gasteiger partial charge in [0, 0.05) is 31.2 Å². The molecule has 0 spiro atoms. The van der Waals surface area contributed by atoms with Crippen LogP contribution in [0.3, 0.4) is 0 Å². The average Bonchev–Trinajstić information content (AvgIpc) is 3.62. The zero-order valence-electron chi connectivity index (χ0n) is 19.0. The summed E-state index contributed by atoms with van der Waals surface area (Å²) in [6.45, 7) is 7.07. The predicted molar refractivity (Wildman–Crippen MR) is 124 cm³/mol. The van der Waals surface area contributed by atoms with Crippen molar-refractivity contribution in [2.24, 2.45) is 5.92 Å². The number of rotatable bonds is 7. The van der Waals surface area contributed by atoms with Gasteiger partial charge in [0.2, 0.25) is 10.0 Å². The molecule has 2 fully saturated rings. The number of hydrogen-bond acceptors (Lipinski definition) is 4. The van der Waals surface area contributed by atoms with Crippen molar-refractivity contribution in [3.8, 4) is 0 Å². The Balaban J connectivity index is 1.54. The minimum Gasteiger partial charge on any atom is -0.373 e. The Morgan fingerprint density at radius 2 is 1.62 bits per heavy atom. The molecule has 1 saturated heterocycles. The lowest BCUT2D eigenvalue weighted by molar-refractivity contribution is -0.0440. The van der Waals surface area contributed by atoms with E-state index >= 15 is 0 Å². The van der Waals surface area contributed by atoms with Gasteiger partial charge in [0.15, 0.2) is 0 Å². The van der Waals surface area contributed by atoms with Crippen LogP contribution in [-0.2, 0) is 21.3 Å². The Kier molecular flexibility index (Phi) is 6.70. The summed E-state index contributed by atoms with van der Waals surface area (Å²) < 4.78 is 33.4. The zero-order valence-corrected chi connectivity index (χ0v) is 19.8. The molecule has 7 heteroatoms. The van der Waals surface area contributed by atoms with E-state index in [0.717, 1.165) is 18.4 Å². The molecular weight excluding hydrogens is 424 g/mol. The van der Waals surface area contributed by atoms with Crippen LogP contribution < -0.4 is 0 Å². The maximum absolute atomic E-state index is 13.4. The molecular formula is C25H32N2O4S. The second-order valence-electron chi connectivity index (χ2n) is 9.10. The Morgan fingerprint density at radius 3 is 2.19 bits per heavy atom. The lowest BCUT2D eigenvalue weighted by atomic mass is 10.1. The fourth-order valence-electron chi connectivity index (χ4n) is 4.43. The van der Waals surface area contributed by atoms with Gasteiger partial charge in [-0.15, -0.1) is 0 Å². The van der Waals surface area contributed by atoms with Crippen molar-refractivity contribution >= 4 is 15.9 Å².